The maximum atomic E-state index is 12.3. The standard InChI is InChI=1S/C16H13Cl2NO3/c17-12-7-6-11(8-13(12)18)16(22)19-14(9-15(20)21)10-4-2-1-3-5-10/h1-8,14H,9H2,(H,19,22)(H,20,21). The molecule has 114 valence electrons. The molecule has 1 unspecified atom stereocenters. The van der Waals surface area contributed by atoms with Crippen LogP contribution in [-0.4, -0.2) is 17.0 Å². The average molecular weight is 338 g/mol. The Morgan fingerprint density at radius 3 is 2.32 bits per heavy atom. The molecule has 2 N–H and O–H groups in total. The third-order valence-corrected chi connectivity index (χ3v) is 3.81. The van der Waals surface area contributed by atoms with Crippen LogP contribution in [0.15, 0.2) is 48.5 Å². The molecule has 2 aromatic rings. The first-order valence-corrected chi connectivity index (χ1v) is 7.25. The molecule has 4 nitrogen and oxygen atoms in total. The van der Waals surface area contributed by atoms with Gasteiger partial charge in [0, 0.05) is 5.56 Å². The molecule has 2 rings (SSSR count). The minimum Gasteiger partial charge on any atom is -0.481 e. The summed E-state index contributed by atoms with van der Waals surface area (Å²) in [4.78, 5) is 23.3. The number of halogens is 2. The van der Waals surface area contributed by atoms with E-state index >= 15 is 0 Å². The summed E-state index contributed by atoms with van der Waals surface area (Å²) < 4.78 is 0. The van der Waals surface area contributed by atoms with Gasteiger partial charge in [0.2, 0.25) is 0 Å². The Hall–Kier alpha value is -2.04. The monoisotopic (exact) mass is 337 g/mol. The second kappa shape index (κ2) is 7.29. The lowest BCUT2D eigenvalue weighted by atomic mass is 10.0. The fraction of sp³-hybridized carbons (Fsp3) is 0.125. The first-order valence-electron chi connectivity index (χ1n) is 6.50. The number of nitrogens with one attached hydrogen (secondary N) is 1. The second-order valence-corrected chi connectivity index (χ2v) is 5.48. The van der Waals surface area contributed by atoms with Crippen molar-refractivity contribution in [2.75, 3.05) is 0 Å². The maximum Gasteiger partial charge on any atom is 0.305 e. The highest BCUT2D eigenvalue weighted by Crippen LogP contribution is 2.23. The summed E-state index contributed by atoms with van der Waals surface area (Å²) in [5.74, 6) is -1.41. The molecule has 6 heteroatoms. The van der Waals surface area contributed by atoms with E-state index in [1.807, 2.05) is 6.07 Å². The zero-order chi connectivity index (χ0) is 16.1. The third kappa shape index (κ3) is 4.23. The summed E-state index contributed by atoms with van der Waals surface area (Å²) in [6.07, 6.45) is -0.211. The Morgan fingerprint density at radius 2 is 1.73 bits per heavy atom. The van der Waals surface area contributed by atoms with Gasteiger partial charge < -0.3 is 10.4 Å². The minimum atomic E-state index is -0.997. The molecule has 0 spiro atoms. The van der Waals surface area contributed by atoms with Crippen LogP contribution in [0.3, 0.4) is 0 Å². The molecule has 22 heavy (non-hydrogen) atoms. The highest BCUT2D eigenvalue weighted by Gasteiger charge is 2.19. The van der Waals surface area contributed by atoms with Gasteiger partial charge in [0.05, 0.1) is 22.5 Å². The summed E-state index contributed by atoms with van der Waals surface area (Å²) in [7, 11) is 0. The van der Waals surface area contributed by atoms with Crippen molar-refractivity contribution in [2.24, 2.45) is 0 Å². The van der Waals surface area contributed by atoms with Crippen LogP contribution in [0.5, 0.6) is 0 Å². The molecule has 1 atom stereocenters. The van der Waals surface area contributed by atoms with Crippen molar-refractivity contribution < 1.29 is 14.7 Å². The van der Waals surface area contributed by atoms with Crippen molar-refractivity contribution in [2.45, 2.75) is 12.5 Å². The fourth-order valence-corrected chi connectivity index (χ4v) is 2.29. The first-order chi connectivity index (χ1) is 10.5. The second-order valence-electron chi connectivity index (χ2n) is 4.66. The SMILES string of the molecule is O=C(O)CC(NC(=O)c1ccc(Cl)c(Cl)c1)c1ccccc1. The van der Waals surface area contributed by atoms with Crippen LogP contribution in [-0.2, 0) is 4.79 Å². The molecule has 2 aromatic carbocycles. The lowest BCUT2D eigenvalue weighted by Gasteiger charge is -2.17. The van der Waals surface area contributed by atoms with Gasteiger partial charge in [0.25, 0.3) is 5.91 Å². The van der Waals surface area contributed by atoms with Gasteiger partial charge in [-0.15, -0.1) is 0 Å². The van der Waals surface area contributed by atoms with Crippen molar-refractivity contribution in [1.29, 1.82) is 0 Å². The van der Waals surface area contributed by atoms with E-state index in [0.717, 1.165) is 5.56 Å². The number of amides is 1. The smallest absolute Gasteiger partial charge is 0.305 e. The number of carbonyl (C=O) groups excluding carboxylic acids is 1. The van der Waals surface area contributed by atoms with Gasteiger partial charge in [-0.05, 0) is 23.8 Å². The molecule has 0 aliphatic rings. The van der Waals surface area contributed by atoms with Gasteiger partial charge in [-0.25, -0.2) is 0 Å². The number of benzene rings is 2. The number of carboxylic acid groups (broad SMARTS) is 1. The maximum absolute atomic E-state index is 12.3. The van der Waals surface area contributed by atoms with Crippen molar-refractivity contribution in [3.05, 3.63) is 69.7 Å². The Bertz CT molecular complexity index is 689. The number of carbonyl (C=O) groups is 2. The molecule has 0 fully saturated rings. The molecule has 0 radical (unpaired) electrons. The van der Waals surface area contributed by atoms with E-state index < -0.39 is 17.9 Å². The quantitative estimate of drug-likeness (QED) is 0.868. The van der Waals surface area contributed by atoms with Gasteiger partial charge in [-0.1, -0.05) is 53.5 Å². The predicted octanol–water partition coefficient (Wildman–Crippen LogP) is 3.94. The Balaban J connectivity index is 2.21. The number of aliphatic carboxylic acids is 1. The van der Waals surface area contributed by atoms with E-state index in [1.54, 1.807) is 24.3 Å². The fourth-order valence-electron chi connectivity index (χ4n) is 1.99. The topological polar surface area (TPSA) is 66.4 Å². The number of hydrogen-bond acceptors (Lipinski definition) is 2. The predicted molar refractivity (Wildman–Crippen MR) is 85.4 cm³/mol. The molecule has 0 bridgehead atoms. The largest absolute Gasteiger partial charge is 0.481 e. The average Bonchev–Trinajstić information content (AvgIpc) is 2.49. The number of hydrogen-bond donors (Lipinski definition) is 2. The van der Waals surface area contributed by atoms with Crippen LogP contribution in [0, 0.1) is 0 Å². The van der Waals surface area contributed by atoms with E-state index in [9.17, 15) is 9.59 Å². The molecule has 0 aliphatic carbocycles. The minimum absolute atomic E-state index is 0.211. The van der Waals surface area contributed by atoms with Crippen molar-refractivity contribution in [3.63, 3.8) is 0 Å². The van der Waals surface area contributed by atoms with E-state index in [0.29, 0.717) is 10.6 Å². The summed E-state index contributed by atoms with van der Waals surface area (Å²) in [6.45, 7) is 0. The van der Waals surface area contributed by atoms with E-state index in [-0.39, 0.29) is 11.4 Å². The van der Waals surface area contributed by atoms with Crippen LogP contribution in [0.2, 0.25) is 10.0 Å². The summed E-state index contributed by atoms with van der Waals surface area (Å²) in [5, 5.41) is 12.3. The number of rotatable bonds is 5. The van der Waals surface area contributed by atoms with Gasteiger partial charge in [0.15, 0.2) is 0 Å². The Kier molecular flexibility index (Phi) is 5.41. The van der Waals surface area contributed by atoms with Crippen molar-refractivity contribution >= 4 is 35.1 Å². The van der Waals surface area contributed by atoms with Crippen LogP contribution >= 0.6 is 23.2 Å². The lowest BCUT2D eigenvalue weighted by Crippen LogP contribution is -2.30. The van der Waals surface area contributed by atoms with Crippen molar-refractivity contribution in [1.82, 2.24) is 5.32 Å². The van der Waals surface area contributed by atoms with E-state index in [4.69, 9.17) is 28.3 Å². The van der Waals surface area contributed by atoms with Crippen LogP contribution in [0.4, 0.5) is 0 Å². The molecule has 1 amide bonds. The highest BCUT2D eigenvalue weighted by atomic mass is 35.5. The van der Waals surface area contributed by atoms with Gasteiger partial charge >= 0.3 is 5.97 Å². The van der Waals surface area contributed by atoms with Crippen molar-refractivity contribution in [3.8, 4) is 0 Å². The Labute approximate surface area is 137 Å². The zero-order valence-corrected chi connectivity index (χ0v) is 12.9. The van der Waals surface area contributed by atoms with E-state index in [1.165, 1.54) is 18.2 Å². The van der Waals surface area contributed by atoms with Gasteiger partial charge in [-0.3, -0.25) is 9.59 Å². The highest BCUT2D eigenvalue weighted by molar-refractivity contribution is 6.42. The van der Waals surface area contributed by atoms with Gasteiger partial charge in [-0.2, -0.15) is 0 Å². The molecule has 0 heterocycles. The lowest BCUT2D eigenvalue weighted by molar-refractivity contribution is -0.137. The molecule has 0 saturated heterocycles. The van der Waals surface area contributed by atoms with Crippen LogP contribution < -0.4 is 5.32 Å². The van der Waals surface area contributed by atoms with Crippen LogP contribution in [0.1, 0.15) is 28.4 Å². The molecule has 0 aromatic heterocycles. The summed E-state index contributed by atoms with van der Waals surface area (Å²) >= 11 is 11.7. The molecular formula is C16H13Cl2NO3. The molecule has 0 saturated carbocycles. The molecular weight excluding hydrogens is 325 g/mol. The van der Waals surface area contributed by atoms with Gasteiger partial charge in [0.1, 0.15) is 0 Å². The first kappa shape index (κ1) is 16.3. The van der Waals surface area contributed by atoms with E-state index in [2.05, 4.69) is 5.32 Å². The Morgan fingerprint density at radius 1 is 1.05 bits per heavy atom. The zero-order valence-electron chi connectivity index (χ0n) is 11.4. The normalized spacial score (nSPS) is 11.7. The summed E-state index contributed by atoms with van der Waals surface area (Å²) in [5.41, 5.74) is 1.04. The molecule has 0 aliphatic heterocycles. The number of carboxylic acids is 1. The summed E-state index contributed by atoms with van der Waals surface area (Å²) in [6, 6.07) is 12.8. The van der Waals surface area contributed by atoms with Crippen LogP contribution in [0.25, 0.3) is 0 Å². The third-order valence-electron chi connectivity index (χ3n) is 3.07.